The fourth-order valence-corrected chi connectivity index (χ4v) is 1.54. The quantitative estimate of drug-likeness (QED) is 0.920. The number of alkyl halides is 3. The number of hydrogen-bond donors (Lipinski definition) is 1. The molecule has 19 heavy (non-hydrogen) atoms. The fraction of sp³-hybridized carbons (Fsp3) is 0.154. The molecule has 0 saturated carbocycles. The number of para-hydroxylation sites is 1. The zero-order valence-electron chi connectivity index (χ0n) is 9.82. The molecule has 1 aromatic heterocycles. The molecule has 0 spiro atoms. The van der Waals surface area contributed by atoms with Crippen LogP contribution in [0.2, 0.25) is 0 Å². The lowest BCUT2D eigenvalue weighted by Gasteiger charge is -2.13. The lowest BCUT2D eigenvalue weighted by Crippen LogP contribution is -2.18. The van der Waals surface area contributed by atoms with Crippen LogP contribution in [0.1, 0.15) is 5.56 Å². The number of rotatable bonds is 4. The van der Waals surface area contributed by atoms with Crippen molar-refractivity contribution in [2.75, 3.05) is 5.32 Å². The molecule has 3 nitrogen and oxygen atoms in total. The largest absolute Gasteiger partial charge is 0.573 e. The molecule has 0 aliphatic rings. The van der Waals surface area contributed by atoms with Crippen LogP contribution in [0.3, 0.4) is 0 Å². The number of nitrogens with one attached hydrogen (secondary N) is 1. The highest BCUT2D eigenvalue weighted by Gasteiger charge is 2.31. The van der Waals surface area contributed by atoms with E-state index in [0.29, 0.717) is 5.56 Å². The van der Waals surface area contributed by atoms with E-state index in [1.807, 2.05) is 0 Å². The summed E-state index contributed by atoms with van der Waals surface area (Å²) < 4.78 is 40.7. The third-order valence-electron chi connectivity index (χ3n) is 2.34. The first-order chi connectivity index (χ1) is 9.04. The summed E-state index contributed by atoms with van der Waals surface area (Å²) in [6.45, 7) is 0.220. The number of hydrogen-bond acceptors (Lipinski definition) is 3. The minimum Gasteiger partial charge on any atom is -0.405 e. The van der Waals surface area contributed by atoms with Gasteiger partial charge < -0.3 is 10.1 Å². The van der Waals surface area contributed by atoms with Gasteiger partial charge in [0.05, 0.1) is 5.69 Å². The summed E-state index contributed by atoms with van der Waals surface area (Å²) in [7, 11) is 0. The number of nitrogens with zero attached hydrogens (tertiary/aromatic N) is 1. The van der Waals surface area contributed by atoms with E-state index in [4.69, 9.17) is 0 Å². The average Bonchev–Trinajstić information content (AvgIpc) is 2.37. The van der Waals surface area contributed by atoms with Gasteiger partial charge in [0.2, 0.25) is 0 Å². The SMILES string of the molecule is FC(F)(F)Oc1ccccc1CNc1cccnc1. The van der Waals surface area contributed by atoms with Crippen molar-refractivity contribution in [3.8, 4) is 5.75 Å². The van der Waals surface area contributed by atoms with Crippen molar-refractivity contribution in [2.24, 2.45) is 0 Å². The molecular formula is C13H11F3N2O. The molecule has 0 atom stereocenters. The Bertz CT molecular complexity index is 529. The Balaban J connectivity index is 2.08. The second-order valence-corrected chi connectivity index (χ2v) is 3.75. The van der Waals surface area contributed by atoms with Crippen molar-refractivity contribution in [2.45, 2.75) is 12.9 Å². The average molecular weight is 268 g/mol. The van der Waals surface area contributed by atoms with Gasteiger partial charge in [0.1, 0.15) is 5.75 Å². The molecule has 6 heteroatoms. The molecular weight excluding hydrogens is 257 g/mol. The molecule has 0 aliphatic carbocycles. The summed E-state index contributed by atoms with van der Waals surface area (Å²) >= 11 is 0. The summed E-state index contributed by atoms with van der Waals surface area (Å²) in [5.74, 6) is -0.202. The van der Waals surface area contributed by atoms with Crippen molar-refractivity contribution in [3.63, 3.8) is 0 Å². The van der Waals surface area contributed by atoms with E-state index >= 15 is 0 Å². The number of ether oxygens (including phenoxy) is 1. The highest BCUT2D eigenvalue weighted by molar-refractivity contribution is 5.43. The maximum absolute atomic E-state index is 12.2. The first-order valence-electron chi connectivity index (χ1n) is 5.52. The van der Waals surface area contributed by atoms with E-state index < -0.39 is 6.36 Å². The van der Waals surface area contributed by atoms with Gasteiger partial charge in [0.15, 0.2) is 0 Å². The topological polar surface area (TPSA) is 34.1 Å². The van der Waals surface area contributed by atoms with Crippen LogP contribution in [0, 0.1) is 0 Å². The molecule has 0 radical (unpaired) electrons. The lowest BCUT2D eigenvalue weighted by molar-refractivity contribution is -0.274. The molecule has 1 aromatic carbocycles. The first-order valence-corrected chi connectivity index (χ1v) is 5.52. The first kappa shape index (κ1) is 13.2. The second kappa shape index (κ2) is 5.60. The Morgan fingerprint density at radius 2 is 1.89 bits per heavy atom. The van der Waals surface area contributed by atoms with Crippen molar-refractivity contribution >= 4 is 5.69 Å². The standard InChI is InChI=1S/C13H11F3N2O/c14-13(15,16)19-12-6-2-1-4-10(12)8-18-11-5-3-7-17-9-11/h1-7,9,18H,8H2. The van der Waals surface area contributed by atoms with Gasteiger partial charge in [0.25, 0.3) is 0 Å². The summed E-state index contributed by atoms with van der Waals surface area (Å²) in [6, 6.07) is 9.52. The molecule has 0 aliphatic heterocycles. The van der Waals surface area contributed by atoms with Crippen LogP contribution in [0.4, 0.5) is 18.9 Å². The van der Waals surface area contributed by atoms with Gasteiger partial charge in [-0.15, -0.1) is 13.2 Å². The Morgan fingerprint density at radius 1 is 1.11 bits per heavy atom. The van der Waals surface area contributed by atoms with Crippen LogP contribution >= 0.6 is 0 Å². The third kappa shape index (κ3) is 4.17. The van der Waals surface area contributed by atoms with E-state index in [-0.39, 0.29) is 12.3 Å². The molecule has 0 amide bonds. The minimum absolute atomic E-state index is 0.202. The molecule has 0 fully saturated rings. The smallest absolute Gasteiger partial charge is 0.405 e. The molecule has 0 bridgehead atoms. The van der Waals surface area contributed by atoms with Crippen LogP contribution in [0.25, 0.3) is 0 Å². The zero-order chi connectivity index (χ0) is 13.7. The van der Waals surface area contributed by atoms with Crippen LogP contribution in [-0.2, 0) is 6.54 Å². The molecule has 2 rings (SSSR count). The molecule has 0 saturated heterocycles. The number of benzene rings is 1. The molecule has 2 aromatic rings. The van der Waals surface area contributed by atoms with Crippen LogP contribution < -0.4 is 10.1 Å². The van der Waals surface area contributed by atoms with E-state index in [9.17, 15) is 13.2 Å². The van der Waals surface area contributed by atoms with E-state index in [0.717, 1.165) is 5.69 Å². The normalized spacial score (nSPS) is 11.1. The molecule has 0 unspecified atom stereocenters. The zero-order valence-corrected chi connectivity index (χ0v) is 9.82. The Morgan fingerprint density at radius 3 is 2.58 bits per heavy atom. The highest BCUT2D eigenvalue weighted by Crippen LogP contribution is 2.26. The van der Waals surface area contributed by atoms with Gasteiger partial charge >= 0.3 is 6.36 Å². The van der Waals surface area contributed by atoms with Crippen LogP contribution in [-0.4, -0.2) is 11.3 Å². The van der Waals surface area contributed by atoms with Gasteiger partial charge in [-0.25, -0.2) is 0 Å². The summed E-state index contributed by atoms with van der Waals surface area (Å²) in [6.07, 6.45) is -1.48. The van der Waals surface area contributed by atoms with Gasteiger partial charge in [-0.3, -0.25) is 4.98 Å². The van der Waals surface area contributed by atoms with Crippen molar-refractivity contribution in [3.05, 3.63) is 54.4 Å². The predicted octanol–water partition coefficient (Wildman–Crippen LogP) is 3.59. The van der Waals surface area contributed by atoms with Gasteiger partial charge in [0, 0.05) is 24.5 Å². The minimum atomic E-state index is -4.69. The predicted molar refractivity (Wildman–Crippen MR) is 64.7 cm³/mol. The fourth-order valence-electron chi connectivity index (χ4n) is 1.54. The van der Waals surface area contributed by atoms with Gasteiger partial charge in [-0.1, -0.05) is 18.2 Å². The van der Waals surface area contributed by atoms with Crippen LogP contribution in [0.5, 0.6) is 5.75 Å². The monoisotopic (exact) mass is 268 g/mol. The lowest BCUT2D eigenvalue weighted by atomic mass is 10.2. The highest BCUT2D eigenvalue weighted by atomic mass is 19.4. The Labute approximate surface area is 108 Å². The molecule has 1 heterocycles. The number of aromatic nitrogens is 1. The maximum Gasteiger partial charge on any atom is 0.573 e. The molecule has 1 N–H and O–H groups in total. The Kier molecular flexibility index (Phi) is 3.89. The van der Waals surface area contributed by atoms with E-state index in [1.54, 1.807) is 36.7 Å². The van der Waals surface area contributed by atoms with Crippen molar-refractivity contribution < 1.29 is 17.9 Å². The number of anilines is 1. The van der Waals surface area contributed by atoms with Gasteiger partial charge in [-0.05, 0) is 18.2 Å². The van der Waals surface area contributed by atoms with E-state index in [1.165, 1.54) is 12.1 Å². The number of halogens is 3. The van der Waals surface area contributed by atoms with Crippen molar-refractivity contribution in [1.29, 1.82) is 0 Å². The summed E-state index contributed by atoms with van der Waals surface area (Å²) in [5.41, 5.74) is 1.15. The van der Waals surface area contributed by atoms with Gasteiger partial charge in [-0.2, -0.15) is 0 Å². The summed E-state index contributed by atoms with van der Waals surface area (Å²) in [5, 5.41) is 2.98. The van der Waals surface area contributed by atoms with Crippen molar-refractivity contribution in [1.82, 2.24) is 4.98 Å². The van der Waals surface area contributed by atoms with Crippen LogP contribution in [0.15, 0.2) is 48.8 Å². The number of pyridine rings is 1. The summed E-state index contributed by atoms with van der Waals surface area (Å²) in [4.78, 5) is 3.91. The molecule has 100 valence electrons. The second-order valence-electron chi connectivity index (χ2n) is 3.75. The third-order valence-corrected chi connectivity index (χ3v) is 2.34. The Hall–Kier alpha value is -2.24. The van der Waals surface area contributed by atoms with E-state index in [2.05, 4.69) is 15.0 Å². The maximum atomic E-state index is 12.2.